The number of hydrogen-bond donors (Lipinski definition) is 2. The quantitative estimate of drug-likeness (QED) is 0.726. The minimum Gasteiger partial charge on any atom is -0.395 e. The molecule has 21 heavy (non-hydrogen) atoms. The zero-order valence-corrected chi connectivity index (χ0v) is 13.1. The molecule has 0 amide bonds. The molecule has 0 spiro atoms. The van der Waals surface area contributed by atoms with E-state index in [1.54, 1.807) is 0 Å². The lowest BCUT2D eigenvalue weighted by Crippen LogP contribution is -2.52. The third kappa shape index (κ3) is 1.85. The molecule has 4 aliphatic carbocycles. The van der Waals surface area contributed by atoms with Gasteiger partial charge in [-0.1, -0.05) is 30.7 Å². The van der Waals surface area contributed by atoms with Gasteiger partial charge >= 0.3 is 0 Å². The van der Waals surface area contributed by atoms with Crippen LogP contribution in [-0.2, 0) is 0 Å². The summed E-state index contributed by atoms with van der Waals surface area (Å²) in [5, 5.41) is 20.2. The highest BCUT2D eigenvalue weighted by Crippen LogP contribution is 2.63. The zero-order chi connectivity index (χ0) is 14.7. The standard InChI is InChI=1S/C19H28O2/c1-18-8-2-3-16(18)15-5-4-13-11-14(21)6-10-19(13,12-20)17(15)7-9-18/h2,8,11,14-17,20-21H,3-7,9-10,12H2,1H3/t14?,15-,16-,17-,18-,19+/m0/s1. The van der Waals surface area contributed by atoms with Crippen LogP contribution in [0.5, 0.6) is 0 Å². The molecule has 1 unspecified atom stereocenters. The van der Waals surface area contributed by atoms with Gasteiger partial charge in [0.15, 0.2) is 0 Å². The Kier molecular flexibility index (Phi) is 3.14. The van der Waals surface area contributed by atoms with Gasteiger partial charge < -0.3 is 10.2 Å². The van der Waals surface area contributed by atoms with Gasteiger partial charge in [-0.3, -0.25) is 0 Å². The SMILES string of the molecule is C[C@@]12C=CC[C@H]1[C@@H]1CCC3=CC(O)CC[C@]3(CO)[C@H]1CC2. The Balaban J connectivity index is 1.71. The van der Waals surface area contributed by atoms with Crippen LogP contribution in [0.3, 0.4) is 0 Å². The molecule has 0 saturated heterocycles. The van der Waals surface area contributed by atoms with E-state index >= 15 is 0 Å². The highest BCUT2D eigenvalue weighted by atomic mass is 16.3. The number of rotatable bonds is 1. The molecular formula is C19H28O2. The maximum atomic E-state index is 10.3. The first kappa shape index (κ1) is 14.0. The summed E-state index contributed by atoms with van der Waals surface area (Å²) in [4.78, 5) is 0. The highest BCUT2D eigenvalue weighted by molar-refractivity contribution is 5.27. The van der Waals surface area contributed by atoms with E-state index in [0.29, 0.717) is 11.3 Å². The Morgan fingerprint density at radius 3 is 2.86 bits per heavy atom. The maximum absolute atomic E-state index is 10.3. The maximum Gasteiger partial charge on any atom is 0.0724 e. The van der Waals surface area contributed by atoms with E-state index < -0.39 is 0 Å². The molecule has 2 fully saturated rings. The van der Waals surface area contributed by atoms with E-state index in [9.17, 15) is 10.2 Å². The van der Waals surface area contributed by atoms with Crippen LogP contribution in [0.4, 0.5) is 0 Å². The van der Waals surface area contributed by atoms with Crippen molar-refractivity contribution in [3.63, 3.8) is 0 Å². The van der Waals surface area contributed by atoms with Crippen LogP contribution < -0.4 is 0 Å². The van der Waals surface area contributed by atoms with Crippen LogP contribution in [0.1, 0.15) is 51.9 Å². The van der Waals surface area contributed by atoms with E-state index in [1.165, 1.54) is 31.3 Å². The first-order valence-electron chi connectivity index (χ1n) is 8.77. The minimum atomic E-state index is -0.279. The molecule has 6 atom stereocenters. The van der Waals surface area contributed by atoms with Crippen molar-refractivity contribution < 1.29 is 10.2 Å². The van der Waals surface area contributed by atoms with Crippen molar-refractivity contribution >= 4 is 0 Å². The van der Waals surface area contributed by atoms with Gasteiger partial charge in [-0.15, -0.1) is 0 Å². The lowest BCUT2D eigenvalue weighted by molar-refractivity contribution is -0.0615. The van der Waals surface area contributed by atoms with E-state index in [-0.39, 0.29) is 18.1 Å². The number of aliphatic hydroxyl groups excluding tert-OH is 2. The van der Waals surface area contributed by atoms with Gasteiger partial charge in [-0.2, -0.15) is 0 Å². The lowest BCUT2D eigenvalue weighted by Gasteiger charge is -2.58. The number of fused-ring (bicyclic) bond motifs is 5. The Morgan fingerprint density at radius 2 is 2.05 bits per heavy atom. The molecule has 0 aromatic carbocycles. The average Bonchev–Trinajstić information content (AvgIpc) is 2.88. The Bertz CT molecular complexity index is 494. The lowest BCUT2D eigenvalue weighted by atomic mass is 9.47. The molecule has 2 N–H and O–H groups in total. The second kappa shape index (κ2) is 4.70. The monoisotopic (exact) mass is 288 g/mol. The third-order valence-electron chi connectivity index (χ3n) is 7.42. The number of allylic oxidation sites excluding steroid dienone is 2. The Morgan fingerprint density at radius 1 is 1.19 bits per heavy atom. The predicted molar refractivity (Wildman–Crippen MR) is 83.6 cm³/mol. The fraction of sp³-hybridized carbons (Fsp3) is 0.789. The largest absolute Gasteiger partial charge is 0.395 e. The summed E-state index contributed by atoms with van der Waals surface area (Å²) in [5.74, 6) is 2.18. The summed E-state index contributed by atoms with van der Waals surface area (Å²) in [6.45, 7) is 2.72. The van der Waals surface area contributed by atoms with Crippen molar-refractivity contribution in [1.29, 1.82) is 0 Å². The van der Waals surface area contributed by atoms with Crippen LogP contribution in [0.2, 0.25) is 0 Å². The highest BCUT2D eigenvalue weighted by Gasteiger charge is 2.56. The fourth-order valence-electron chi connectivity index (χ4n) is 6.28. The summed E-state index contributed by atoms with van der Waals surface area (Å²) in [6, 6.07) is 0. The Hall–Kier alpha value is -0.600. The second-order valence-corrected chi connectivity index (χ2v) is 8.21. The molecule has 116 valence electrons. The molecule has 2 saturated carbocycles. The molecule has 0 bridgehead atoms. The van der Waals surface area contributed by atoms with Crippen molar-refractivity contribution in [2.75, 3.05) is 6.61 Å². The van der Waals surface area contributed by atoms with E-state index in [4.69, 9.17) is 0 Å². The molecule has 0 aromatic heterocycles. The van der Waals surface area contributed by atoms with Crippen molar-refractivity contribution in [1.82, 2.24) is 0 Å². The first-order chi connectivity index (χ1) is 10.1. The first-order valence-corrected chi connectivity index (χ1v) is 8.77. The zero-order valence-electron chi connectivity index (χ0n) is 13.1. The summed E-state index contributed by atoms with van der Waals surface area (Å²) in [7, 11) is 0. The van der Waals surface area contributed by atoms with Gasteiger partial charge in [-0.25, -0.2) is 0 Å². The topological polar surface area (TPSA) is 40.5 Å². The summed E-state index contributed by atoms with van der Waals surface area (Å²) >= 11 is 0. The van der Waals surface area contributed by atoms with Gasteiger partial charge in [0, 0.05) is 5.41 Å². The minimum absolute atomic E-state index is 0.00787. The molecule has 0 heterocycles. The van der Waals surface area contributed by atoms with Gasteiger partial charge in [0.05, 0.1) is 12.7 Å². The molecule has 2 heteroatoms. The van der Waals surface area contributed by atoms with Crippen molar-refractivity contribution in [2.24, 2.45) is 28.6 Å². The molecule has 4 rings (SSSR count). The second-order valence-electron chi connectivity index (χ2n) is 8.21. The van der Waals surface area contributed by atoms with Crippen LogP contribution in [0, 0.1) is 28.6 Å². The van der Waals surface area contributed by atoms with Gasteiger partial charge in [-0.05, 0) is 68.1 Å². The Labute approximate surface area is 127 Å². The van der Waals surface area contributed by atoms with Gasteiger partial charge in [0.1, 0.15) is 0 Å². The van der Waals surface area contributed by atoms with Crippen LogP contribution in [0.25, 0.3) is 0 Å². The smallest absolute Gasteiger partial charge is 0.0724 e. The average molecular weight is 288 g/mol. The summed E-state index contributed by atoms with van der Waals surface area (Å²) < 4.78 is 0. The molecule has 2 nitrogen and oxygen atoms in total. The molecule has 4 aliphatic rings. The molecule has 0 radical (unpaired) electrons. The number of hydrogen-bond acceptors (Lipinski definition) is 2. The van der Waals surface area contributed by atoms with Crippen molar-refractivity contribution in [3.8, 4) is 0 Å². The van der Waals surface area contributed by atoms with Crippen molar-refractivity contribution in [3.05, 3.63) is 23.8 Å². The normalized spacial score (nSPS) is 51.9. The van der Waals surface area contributed by atoms with E-state index in [0.717, 1.165) is 31.1 Å². The molecular weight excluding hydrogens is 260 g/mol. The van der Waals surface area contributed by atoms with Crippen molar-refractivity contribution in [2.45, 2.75) is 58.0 Å². The van der Waals surface area contributed by atoms with Gasteiger partial charge in [0.25, 0.3) is 0 Å². The van der Waals surface area contributed by atoms with Crippen LogP contribution in [-0.4, -0.2) is 22.9 Å². The summed E-state index contributed by atoms with van der Waals surface area (Å²) in [5.41, 5.74) is 1.78. The summed E-state index contributed by atoms with van der Waals surface area (Å²) in [6.07, 6.45) is 14.6. The van der Waals surface area contributed by atoms with Gasteiger partial charge in [0.2, 0.25) is 0 Å². The molecule has 0 aromatic rings. The predicted octanol–water partition coefficient (Wildman–Crippen LogP) is 3.45. The number of aliphatic hydroxyl groups is 2. The fourth-order valence-corrected chi connectivity index (χ4v) is 6.28. The van der Waals surface area contributed by atoms with E-state index in [1.807, 2.05) is 0 Å². The van der Waals surface area contributed by atoms with Crippen LogP contribution >= 0.6 is 0 Å². The van der Waals surface area contributed by atoms with Crippen LogP contribution in [0.15, 0.2) is 23.8 Å². The third-order valence-corrected chi connectivity index (χ3v) is 7.42. The van der Waals surface area contributed by atoms with E-state index in [2.05, 4.69) is 25.2 Å². The molecule has 0 aliphatic heterocycles.